The molecule has 0 amide bonds. The molecule has 1 aliphatic rings. The largest absolute Gasteiger partial charge is 0.470 e. The summed E-state index contributed by atoms with van der Waals surface area (Å²) >= 11 is 0. The molecule has 1 atom stereocenters. The van der Waals surface area contributed by atoms with Gasteiger partial charge in [0.2, 0.25) is 0 Å². The second-order valence-electron chi connectivity index (χ2n) is 3.57. The van der Waals surface area contributed by atoms with Crippen LogP contribution in [0.4, 0.5) is 0 Å². The Kier molecular flexibility index (Phi) is 5.12. The molecule has 0 saturated carbocycles. The lowest BCUT2D eigenvalue weighted by atomic mass is 10.5. The van der Waals surface area contributed by atoms with Gasteiger partial charge in [-0.05, 0) is 27.7 Å². The minimum atomic E-state index is -0.0463. The van der Waals surface area contributed by atoms with E-state index in [1.165, 1.54) is 0 Å². The predicted octanol–water partition coefficient (Wildman–Crippen LogP) is 2.91. The average Bonchev–Trinajstić information content (AvgIpc) is 2.01. The summed E-state index contributed by atoms with van der Waals surface area (Å²) in [4.78, 5) is 4.38. The third-order valence-corrected chi connectivity index (χ3v) is 3.43. The van der Waals surface area contributed by atoms with E-state index in [4.69, 9.17) is 9.47 Å². The van der Waals surface area contributed by atoms with Gasteiger partial charge in [0.15, 0.2) is 6.23 Å². The van der Waals surface area contributed by atoms with E-state index in [2.05, 4.69) is 4.99 Å². The monoisotopic (exact) mass is 235 g/mol. The molecule has 14 heavy (non-hydrogen) atoms. The zero-order valence-electron chi connectivity index (χ0n) is 9.02. The maximum Gasteiger partial charge on any atom is 0.259 e. The van der Waals surface area contributed by atoms with Gasteiger partial charge in [0.25, 0.3) is 5.23 Å². The Morgan fingerprint density at radius 3 is 2.57 bits per heavy atom. The van der Waals surface area contributed by atoms with Crippen molar-refractivity contribution in [2.24, 2.45) is 4.99 Å². The van der Waals surface area contributed by atoms with Crippen LogP contribution in [0.15, 0.2) is 4.99 Å². The summed E-state index contributed by atoms with van der Waals surface area (Å²) in [5.74, 6) is 0.897. The van der Waals surface area contributed by atoms with E-state index in [9.17, 15) is 0 Å². The van der Waals surface area contributed by atoms with Gasteiger partial charge >= 0.3 is 0 Å². The molecule has 1 rings (SSSR count). The molecule has 0 aromatic carbocycles. The van der Waals surface area contributed by atoms with Gasteiger partial charge in [-0.15, -0.1) is 0 Å². The summed E-state index contributed by atoms with van der Waals surface area (Å²) in [6.45, 7) is 8.04. The van der Waals surface area contributed by atoms with E-state index in [0.717, 1.165) is 11.0 Å². The van der Waals surface area contributed by atoms with Crippen molar-refractivity contribution in [2.75, 3.05) is 5.75 Å². The maximum atomic E-state index is 5.60. The van der Waals surface area contributed by atoms with Crippen LogP contribution in [0.2, 0.25) is 0 Å². The molecule has 82 valence electrons. The van der Waals surface area contributed by atoms with Crippen molar-refractivity contribution in [3.63, 3.8) is 0 Å². The van der Waals surface area contributed by atoms with Crippen molar-refractivity contribution in [3.8, 4) is 0 Å². The Labute approximate surface area is 93.4 Å². The van der Waals surface area contributed by atoms with E-state index in [1.54, 1.807) is 21.6 Å². The number of nitrogens with zero attached hydrogens (tertiary/aromatic N) is 1. The zero-order valence-corrected chi connectivity index (χ0v) is 10.7. The third-order valence-electron chi connectivity index (χ3n) is 1.36. The lowest BCUT2D eigenvalue weighted by Gasteiger charge is -2.22. The average molecular weight is 235 g/mol. The first-order chi connectivity index (χ1) is 6.58. The first-order valence-corrected chi connectivity index (χ1v) is 7.09. The van der Waals surface area contributed by atoms with E-state index >= 15 is 0 Å². The topological polar surface area (TPSA) is 30.8 Å². The molecule has 1 unspecified atom stereocenters. The summed E-state index contributed by atoms with van der Waals surface area (Å²) in [6, 6.07) is 0. The first-order valence-electron chi connectivity index (χ1n) is 4.77. The van der Waals surface area contributed by atoms with Crippen LogP contribution in [-0.4, -0.2) is 29.4 Å². The van der Waals surface area contributed by atoms with Gasteiger partial charge < -0.3 is 9.47 Å². The van der Waals surface area contributed by atoms with Crippen LogP contribution < -0.4 is 0 Å². The summed E-state index contributed by atoms with van der Waals surface area (Å²) in [5.41, 5.74) is 0. The summed E-state index contributed by atoms with van der Waals surface area (Å²) in [5, 5.41) is 0.738. The second kappa shape index (κ2) is 5.88. The Hall–Kier alpha value is 0.130. The molecular formula is C9H17NO2S2. The number of aliphatic imine (C=N–C) groups is 1. The molecule has 0 N–H and O–H groups in total. The highest BCUT2D eigenvalue weighted by Gasteiger charge is 2.19. The van der Waals surface area contributed by atoms with Crippen LogP contribution in [-0.2, 0) is 9.47 Å². The minimum absolute atomic E-state index is 0.0463. The number of hydrogen-bond donors (Lipinski definition) is 0. The SMILES string of the molecule is CC(C)OC1=NC(OC(C)C)CSS1. The zero-order chi connectivity index (χ0) is 10.6. The molecule has 1 heterocycles. The van der Waals surface area contributed by atoms with Gasteiger partial charge in [0, 0.05) is 10.8 Å². The van der Waals surface area contributed by atoms with Crippen molar-refractivity contribution in [1.82, 2.24) is 0 Å². The van der Waals surface area contributed by atoms with Crippen LogP contribution in [0.25, 0.3) is 0 Å². The smallest absolute Gasteiger partial charge is 0.259 e. The molecule has 0 saturated heterocycles. The van der Waals surface area contributed by atoms with Gasteiger partial charge in [-0.2, -0.15) is 0 Å². The van der Waals surface area contributed by atoms with Crippen LogP contribution in [0.5, 0.6) is 0 Å². The molecule has 0 radical (unpaired) electrons. The van der Waals surface area contributed by atoms with Crippen LogP contribution >= 0.6 is 21.6 Å². The molecule has 0 spiro atoms. The fourth-order valence-electron chi connectivity index (χ4n) is 0.955. The number of hydrogen-bond acceptors (Lipinski definition) is 5. The summed E-state index contributed by atoms with van der Waals surface area (Å²) in [7, 11) is 3.32. The predicted molar refractivity (Wildman–Crippen MR) is 63.7 cm³/mol. The fraction of sp³-hybridized carbons (Fsp3) is 0.889. The van der Waals surface area contributed by atoms with E-state index in [-0.39, 0.29) is 18.4 Å². The number of rotatable bonds is 3. The molecule has 3 nitrogen and oxygen atoms in total. The van der Waals surface area contributed by atoms with Gasteiger partial charge in [0.1, 0.15) is 0 Å². The molecule has 0 aliphatic carbocycles. The lowest BCUT2D eigenvalue weighted by Crippen LogP contribution is -2.23. The number of ether oxygens (including phenoxy) is 2. The van der Waals surface area contributed by atoms with E-state index in [1.807, 2.05) is 27.7 Å². The van der Waals surface area contributed by atoms with E-state index < -0.39 is 0 Å². The molecule has 0 fully saturated rings. The van der Waals surface area contributed by atoms with Crippen molar-refractivity contribution < 1.29 is 9.47 Å². The molecule has 5 heteroatoms. The van der Waals surface area contributed by atoms with Crippen LogP contribution in [0.1, 0.15) is 27.7 Å². The Balaban J connectivity index is 2.46. The Bertz CT molecular complexity index is 207. The van der Waals surface area contributed by atoms with Gasteiger partial charge in [-0.25, -0.2) is 4.99 Å². The van der Waals surface area contributed by atoms with E-state index in [0.29, 0.717) is 0 Å². The molecule has 0 bridgehead atoms. The summed E-state index contributed by atoms with van der Waals surface area (Å²) in [6.07, 6.45) is 0.349. The highest BCUT2D eigenvalue weighted by Crippen LogP contribution is 2.31. The van der Waals surface area contributed by atoms with Crippen molar-refractivity contribution in [3.05, 3.63) is 0 Å². The quantitative estimate of drug-likeness (QED) is 0.704. The van der Waals surface area contributed by atoms with Crippen LogP contribution in [0.3, 0.4) is 0 Å². The Morgan fingerprint density at radius 1 is 1.29 bits per heavy atom. The fourth-order valence-corrected chi connectivity index (χ4v) is 2.89. The second-order valence-corrected chi connectivity index (χ2v) is 5.86. The highest BCUT2D eigenvalue weighted by molar-refractivity contribution is 8.82. The summed E-state index contributed by atoms with van der Waals surface area (Å²) < 4.78 is 11.1. The normalized spacial score (nSPS) is 22.7. The molecule has 0 aromatic rings. The maximum absolute atomic E-state index is 5.60. The highest BCUT2D eigenvalue weighted by atomic mass is 33.1. The van der Waals surface area contributed by atoms with Gasteiger partial charge in [0.05, 0.1) is 18.0 Å². The third kappa shape index (κ3) is 4.57. The standard InChI is InChI=1S/C9H17NO2S2/c1-6(2)11-8-5-13-14-9(10-8)12-7(3)4/h6-8H,5H2,1-4H3. The molecule has 1 aliphatic heterocycles. The lowest BCUT2D eigenvalue weighted by molar-refractivity contribution is 0.0256. The van der Waals surface area contributed by atoms with Crippen molar-refractivity contribution in [2.45, 2.75) is 46.1 Å². The van der Waals surface area contributed by atoms with Crippen LogP contribution in [0, 0.1) is 0 Å². The minimum Gasteiger partial charge on any atom is -0.470 e. The Morgan fingerprint density at radius 2 is 2.00 bits per heavy atom. The van der Waals surface area contributed by atoms with Crippen molar-refractivity contribution in [1.29, 1.82) is 0 Å². The molecule has 0 aromatic heterocycles. The van der Waals surface area contributed by atoms with Gasteiger partial charge in [-0.3, -0.25) is 0 Å². The van der Waals surface area contributed by atoms with Crippen molar-refractivity contribution >= 4 is 26.8 Å². The van der Waals surface area contributed by atoms with Gasteiger partial charge in [-0.1, -0.05) is 10.8 Å². The first kappa shape index (κ1) is 12.2. The molecular weight excluding hydrogens is 218 g/mol.